The van der Waals surface area contributed by atoms with Gasteiger partial charge in [0.1, 0.15) is 20.2 Å². The van der Waals surface area contributed by atoms with Crippen molar-refractivity contribution in [2.45, 2.75) is 6.04 Å². The summed E-state index contributed by atoms with van der Waals surface area (Å²) >= 11 is 0. The Morgan fingerprint density at radius 1 is 2.00 bits per heavy atom. The Hall–Kier alpha value is -0.196. The van der Waals surface area contributed by atoms with Gasteiger partial charge in [0.15, 0.2) is 0 Å². The van der Waals surface area contributed by atoms with Crippen LogP contribution in [-0.2, 0) is 8.91 Å². The van der Waals surface area contributed by atoms with Crippen LogP contribution in [-0.4, -0.2) is 26.5 Å². The minimum absolute atomic E-state index is 0.437. The van der Waals surface area contributed by atoms with Gasteiger partial charge >= 0.3 is 0 Å². The average molecular weight is 145 g/mol. The van der Waals surface area contributed by atoms with E-state index in [2.05, 4.69) is 6.58 Å². The van der Waals surface area contributed by atoms with Gasteiger partial charge < -0.3 is 4.12 Å². The molecule has 0 aromatic rings. The van der Waals surface area contributed by atoms with Crippen molar-refractivity contribution in [2.75, 3.05) is 0 Å². The van der Waals surface area contributed by atoms with E-state index in [-0.39, 0.29) is 0 Å². The molecule has 8 heavy (non-hydrogen) atoms. The molecular weight excluding hydrogens is 136 g/mol. The number of hydrogen-bond acceptors (Lipinski definition) is 2. The van der Waals surface area contributed by atoms with Gasteiger partial charge in [-0.1, -0.05) is 6.58 Å². The Labute approximate surface area is 54.4 Å². The van der Waals surface area contributed by atoms with E-state index in [1.807, 2.05) is 0 Å². The standard InChI is InChI=1S/C4H9O2Si2/c1-4(2-5)3-8-6-7/h1,3,8H2,7H3. The Bertz CT molecular complexity index is 92.0. The van der Waals surface area contributed by atoms with Gasteiger partial charge in [-0.3, -0.25) is 4.79 Å². The molecule has 2 nitrogen and oxygen atoms in total. The van der Waals surface area contributed by atoms with Crippen molar-refractivity contribution in [3.8, 4) is 0 Å². The highest BCUT2D eigenvalue weighted by Gasteiger charge is 1.89. The monoisotopic (exact) mass is 145 g/mol. The second-order valence-electron chi connectivity index (χ2n) is 1.45. The van der Waals surface area contributed by atoms with Crippen molar-refractivity contribution in [1.29, 1.82) is 0 Å². The van der Waals surface area contributed by atoms with Crippen molar-refractivity contribution in [1.82, 2.24) is 0 Å². The summed E-state index contributed by atoms with van der Waals surface area (Å²) in [5.74, 6) is 0. The highest BCUT2D eigenvalue weighted by atomic mass is 28.3. The molecule has 45 valence electrons. The van der Waals surface area contributed by atoms with Crippen LogP contribution >= 0.6 is 0 Å². The molecule has 0 aliphatic rings. The quantitative estimate of drug-likeness (QED) is 0.354. The molecule has 0 aliphatic heterocycles. The third kappa shape index (κ3) is 3.98. The van der Waals surface area contributed by atoms with E-state index in [4.69, 9.17) is 4.12 Å². The van der Waals surface area contributed by atoms with Gasteiger partial charge in [0.05, 0.1) is 0 Å². The molecule has 0 amide bonds. The van der Waals surface area contributed by atoms with E-state index in [1.165, 1.54) is 0 Å². The van der Waals surface area contributed by atoms with Crippen LogP contribution < -0.4 is 0 Å². The summed E-state index contributed by atoms with van der Waals surface area (Å²) in [6.07, 6.45) is 1.73. The molecule has 0 saturated carbocycles. The van der Waals surface area contributed by atoms with Gasteiger partial charge in [0.2, 0.25) is 6.29 Å². The molecule has 0 fully saturated rings. The van der Waals surface area contributed by atoms with Gasteiger partial charge in [-0.05, 0) is 11.6 Å². The summed E-state index contributed by atoms with van der Waals surface area (Å²) in [6, 6.07) is 0.757. The Morgan fingerprint density at radius 2 is 2.62 bits per heavy atom. The summed E-state index contributed by atoms with van der Waals surface area (Å²) in [4.78, 5) is 9.76. The Kier molecular flexibility index (Phi) is 4.83. The van der Waals surface area contributed by atoms with Crippen LogP contribution in [0.5, 0.6) is 0 Å². The van der Waals surface area contributed by atoms with Crippen molar-refractivity contribution >= 4 is 26.5 Å². The normalized spacial score (nSPS) is 10.5. The fraction of sp³-hybridized carbons (Fsp3) is 0.250. The topological polar surface area (TPSA) is 26.3 Å². The van der Waals surface area contributed by atoms with E-state index in [9.17, 15) is 4.79 Å². The van der Waals surface area contributed by atoms with Gasteiger partial charge in [0.25, 0.3) is 0 Å². The van der Waals surface area contributed by atoms with Gasteiger partial charge in [-0.2, -0.15) is 0 Å². The van der Waals surface area contributed by atoms with E-state index in [0.29, 0.717) is 5.57 Å². The molecule has 0 saturated heterocycles. The van der Waals surface area contributed by atoms with Crippen LogP contribution in [0.25, 0.3) is 0 Å². The molecule has 0 heterocycles. The largest absolute Gasteiger partial charge is 0.468 e. The number of rotatable bonds is 4. The maximum Gasteiger partial charge on any atom is 0.228 e. The third-order valence-electron chi connectivity index (χ3n) is 0.752. The predicted octanol–water partition coefficient (Wildman–Crippen LogP) is -1.55. The van der Waals surface area contributed by atoms with Crippen LogP contribution in [0, 0.1) is 0 Å². The zero-order valence-corrected chi connectivity index (χ0v) is 8.35. The van der Waals surface area contributed by atoms with Gasteiger partial charge in [0, 0.05) is 0 Å². The van der Waals surface area contributed by atoms with Crippen LogP contribution in [0.2, 0.25) is 6.04 Å². The first-order valence-electron chi connectivity index (χ1n) is 2.36. The molecule has 0 rings (SSSR count). The lowest BCUT2D eigenvalue weighted by Gasteiger charge is -1.91. The Morgan fingerprint density at radius 3 is 3.00 bits per heavy atom. The lowest BCUT2D eigenvalue weighted by molar-refractivity contribution is 0.561. The summed E-state index contributed by atoms with van der Waals surface area (Å²) in [7, 11) is 0.351. The molecule has 0 spiro atoms. The Balaban J connectivity index is 3.11. The molecule has 1 radical (unpaired) electrons. The second kappa shape index (κ2) is 4.95. The first-order valence-corrected chi connectivity index (χ1v) is 4.75. The highest BCUT2D eigenvalue weighted by Crippen LogP contribution is 1.90. The zero-order chi connectivity index (χ0) is 6.41. The minimum Gasteiger partial charge on any atom is -0.468 e. The molecule has 4 heteroatoms. The van der Waals surface area contributed by atoms with E-state index in [0.717, 1.165) is 16.5 Å². The van der Waals surface area contributed by atoms with E-state index in [1.54, 1.807) is 6.29 Å². The SMILES string of the molecule is C=C([C]=O)C[SiH2]O[SiH3]. The minimum atomic E-state index is -0.437. The molecular formula is C4H9O2Si2. The maximum absolute atomic E-state index is 9.76. The number of carbonyl (C=O) groups excluding carboxylic acids is 1. The van der Waals surface area contributed by atoms with Crippen LogP contribution in [0.3, 0.4) is 0 Å². The molecule has 0 unspecified atom stereocenters. The summed E-state index contributed by atoms with van der Waals surface area (Å²) in [5, 5.41) is 0. The van der Waals surface area contributed by atoms with Gasteiger partial charge in [-0.15, -0.1) is 0 Å². The van der Waals surface area contributed by atoms with Crippen LogP contribution in [0.15, 0.2) is 12.2 Å². The van der Waals surface area contributed by atoms with E-state index < -0.39 is 9.76 Å². The average Bonchev–Trinajstić information content (AvgIpc) is 1.83. The number of allylic oxidation sites excluding steroid dienone is 1. The van der Waals surface area contributed by atoms with Crippen LogP contribution in [0.1, 0.15) is 0 Å². The smallest absolute Gasteiger partial charge is 0.228 e. The second-order valence-corrected chi connectivity index (χ2v) is 4.67. The van der Waals surface area contributed by atoms with Crippen molar-refractivity contribution in [3.63, 3.8) is 0 Å². The molecule has 0 atom stereocenters. The van der Waals surface area contributed by atoms with Crippen LogP contribution in [0.4, 0.5) is 0 Å². The van der Waals surface area contributed by atoms with Crippen molar-refractivity contribution in [2.24, 2.45) is 0 Å². The van der Waals surface area contributed by atoms with Crippen molar-refractivity contribution in [3.05, 3.63) is 12.2 Å². The highest BCUT2D eigenvalue weighted by molar-refractivity contribution is 6.35. The third-order valence-corrected chi connectivity index (χ3v) is 3.19. The van der Waals surface area contributed by atoms with E-state index >= 15 is 0 Å². The predicted molar refractivity (Wildman–Crippen MR) is 39.2 cm³/mol. The summed E-state index contributed by atoms with van der Waals surface area (Å²) in [6.45, 7) is 3.46. The zero-order valence-electron chi connectivity index (χ0n) is 4.94. The lowest BCUT2D eigenvalue weighted by Crippen LogP contribution is -1.95. The van der Waals surface area contributed by atoms with Crippen molar-refractivity contribution < 1.29 is 8.91 Å². The first-order chi connectivity index (χ1) is 3.81. The molecule has 0 aromatic carbocycles. The molecule has 0 N–H and O–H groups in total. The fourth-order valence-electron chi connectivity index (χ4n) is 0.276. The lowest BCUT2D eigenvalue weighted by atomic mass is 10.4. The molecule has 0 aliphatic carbocycles. The summed E-state index contributed by atoms with van der Waals surface area (Å²) < 4.78 is 4.95. The molecule has 0 bridgehead atoms. The summed E-state index contributed by atoms with van der Waals surface area (Å²) in [5.41, 5.74) is 0.549. The first kappa shape index (κ1) is 7.80. The maximum atomic E-state index is 9.76. The molecule has 0 aromatic heterocycles. The fourth-order valence-corrected chi connectivity index (χ4v) is 1.44. The van der Waals surface area contributed by atoms with Gasteiger partial charge in [-0.25, -0.2) is 0 Å². The number of hydrogen-bond donors (Lipinski definition) is 0.